The van der Waals surface area contributed by atoms with Gasteiger partial charge in [0.1, 0.15) is 5.75 Å². The molecule has 0 saturated heterocycles. The van der Waals surface area contributed by atoms with Gasteiger partial charge in [0.2, 0.25) is 0 Å². The number of hydrogen-bond acceptors (Lipinski definition) is 4. The predicted octanol–water partition coefficient (Wildman–Crippen LogP) is 3.77. The number of esters is 1. The smallest absolute Gasteiger partial charge is 0.336 e. The second-order valence-electron chi connectivity index (χ2n) is 4.30. The van der Waals surface area contributed by atoms with Crippen LogP contribution in [0.2, 0.25) is 0 Å². The van der Waals surface area contributed by atoms with Crippen LogP contribution < -0.4 is 4.74 Å². The molecule has 2 aromatic rings. The predicted molar refractivity (Wildman–Crippen MR) is 83.3 cm³/mol. The van der Waals surface area contributed by atoms with Gasteiger partial charge in [0.25, 0.3) is 5.69 Å². The van der Waals surface area contributed by atoms with E-state index in [0.717, 1.165) is 5.56 Å². The molecule has 2 rings (SSSR count). The first-order chi connectivity index (χ1) is 10.6. The topological polar surface area (TPSA) is 69.4 Å². The molecule has 0 saturated carbocycles. The molecule has 0 amide bonds. The van der Waals surface area contributed by atoms with Crippen LogP contribution in [0, 0.1) is 10.1 Å². The Bertz CT molecular complexity index is 703. The summed E-state index contributed by atoms with van der Waals surface area (Å²) in [4.78, 5) is 21.6. The fourth-order valence-electron chi connectivity index (χ4n) is 1.65. The van der Waals surface area contributed by atoms with Crippen molar-refractivity contribution in [1.82, 2.24) is 0 Å². The van der Waals surface area contributed by atoms with Crippen molar-refractivity contribution in [3.05, 3.63) is 88.5 Å². The largest absolute Gasteiger partial charge is 0.423 e. The van der Waals surface area contributed by atoms with Gasteiger partial charge in [-0.15, -0.1) is 0 Å². The Labute approximate surface area is 127 Å². The van der Waals surface area contributed by atoms with Crippen LogP contribution in [0.1, 0.15) is 5.56 Å². The van der Waals surface area contributed by atoms with Crippen molar-refractivity contribution in [2.24, 2.45) is 0 Å². The van der Waals surface area contributed by atoms with E-state index in [2.05, 4.69) is 0 Å². The standard InChI is InChI=1S/C17H13NO4/c19-17(9-5-4-8-14-6-2-1-3-7-14)22-16-12-10-15(11-13-16)18(20)21/h1-13H. The summed E-state index contributed by atoms with van der Waals surface area (Å²) in [7, 11) is 0. The van der Waals surface area contributed by atoms with Crippen LogP contribution in [0.3, 0.4) is 0 Å². The molecule has 0 fully saturated rings. The first-order valence-corrected chi connectivity index (χ1v) is 6.51. The lowest BCUT2D eigenvalue weighted by atomic mass is 10.2. The number of rotatable bonds is 5. The highest BCUT2D eigenvalue weighted by molar-refractivity contribution is 5.84. The maximum Gasteiger partial charge on any atom is 0.336 e. The number of allylic oxidation sites excluding steroid dienone is 2. The Kier molecular flexibility index (Phi) is 5.20. The van der Waals surface area contributed by atoms with Gasteiger partial charge in [-0.05, 0) is 17.7 Å². The minimum atomic E-state index is -0.549. The third-order valence-electron chi connectivity index (χ3n) is 2.70. The highest BCUT2D eigenvalue weighted by atomic mass is 16.6. The molecule has 110 valence electrons. The number of hydrogen-bond donors (Lipinski definition) is 0. The molecule has 22 heavy (non-hydrogen) atoms. The minimum Gasteiger partial charge on any atom is -0.423 e. The van der Waals surface area contributed by atoms with E-state index < -0.39 is 10.9 Å². The van der Waals surface area contributed by atoms with Crippen molar-refractivity contribution in [2.45, 2.75) is 0 Å². The third kappa shape index (κ3) is 4.72. The number of non-ortho nitro benzene ring substituents is 1. The van der Waals surface area contributed by atoms with E-state index in [9.17, 15) is 14.9 Å². The van der Waals surface area contributed by atoms with Gasteiger partial charge in [0.15, 0.2) is 0 Å². The summed E-state index contributed by atoms with van der Waals surface area (Å²) in [5, 5.41) is 10.5. The van der Waals surface area contributed by atoms with Gasteiger partial charge in [-0.2, -0.15) is 0 Å². The van der Waals surface area contributed by atoms with Crippen molar-refractivity contribution >= 4 is 17.7 Å². The van der Waals surface area contributed by atoms with Gasteiger partial charge in [0.05, 0.1) is 4.92 Å². The molecule has 0 unspecified atom stereocenters. The fourth-order valence-corrected chi connectivity index (χ4v) is 1.65. The van der Waals surface area contributed by atoms with Gasteiger partial charge < -0.3 is 4.74 Å². The van der Waals surface area contributed by atoms with Crippen molar-refractivity contribution in [2.75, 3.05) is 0 Å². The van der Waals surface area contributed by atoms with E-state index in [4.69, 9.17) is 4.74 Å². The van der Waals surface area contributed by atoms with Crippen LogP contribution in [-0.2, 0) is 4.79 Å². The van der Waals surface area contributed by atoms with Gasteiger partial charge in [-0.3, -0.25) is 10.1 Å². The number of nitrogens with zero attached hydrogens (tertiary/aromatic N) is 1. The highest BCUT2D eigenvalue weighted by Gasteiger charge is 2.05. The zero-order valence-corrected chi connectivity index (χ0v) is 11.6. The van der Waals surface area contributed by atoms with Crippen molar-refractivity contribution in [1.29, 1.82) is 0 Å². The number of carbonyl (C=O) groups excluding carboxylic acids is 1. The quantitative estimate of drug-likeness (QED) is 0.210. The van der Waals surface area contributed by atoms with Crippen LogP contribution in [0.25, 0.3) is 6.08 Å². The summed E-state index contributed by atoms with van der Waals surface area (Å²) >= 11 is 0. The summed E-state index contributed by atoms with van der Waals surface area (Å²) in [5.41, 5.74) is 0.969. The van der Waals surface area contributed by atoms with Crippen LogP contribution in [0.15, 0.2) is 72.8 Å². The number of ether oxygens (including phenoxy) is 1. The normalized spacial score (nSPS) is 10.9. The van der Waals surface area contributed by atoms with Crippen LogP contribution in [0.5, 0.6) is 5.75 Å². The van der Waals surface area contributed by atoms with Gasteiger partial charge in [-0.1, -0.05) is 48.6 Å². The molecular weight excluding hydrogens is 282 g/mol. The number of carbonyl (C=O) groups is 1. The van der Waals surface area contributed by atoms with Crippen LogP contribution in [0.4, 0.5) is 5.69 Å². The Morgan fingerprint density at radius 3 is 2.32 bits per heavy atom. The molecule has 0 atom stereocenters. The van der Waals surface area contributed by atoms with Crippen molar-refractivity contribution in [3.8, 4) is 5.75 Å². The number of nitro groups is 1. The molecule has 0 aliphatic heterocycles. The molecule has 0 bridgehead atoms. The van der Waals surface area contributed by atoms with Crippen molar-refractivity contribution < 1.29 is 14.5 Å². The Morgan fingerprint density at radius 1 is 1.00 bits per heavy atom. The average molecular weight is 295 g/mol. The number of nitro benzene ring substituents is 1. The Balaban J connectivity index is 1.88. The second kappa shape index (κ2) is 7.54. The molecule has 0 aromatic heterocycles. The van der Waals surface area contributed by atoms with E-state index in [1.165, 1.54) is 30.3 Å². The summed E-state index contributed by atoms with van der Waals surface area (Å²) in [6.07, 6.45) is 6.43. The van der Waals surface area contributed by atoms with Crippen LogP contribution >= 0.6 is 0 Å². The Hall–Kier alpha value is -3.21. The molecule has 0 radical (unpaired) electrons. The Morgan fingerprint density at radius 2 is 1.68 bits per heavy atom. The fraction of sp³-hybridized carbons (Fsp3) is 0. The van der Waals surface area contributed by atoms with Gasteiger partial charge >= 0.3 is 5.97 Å². The summed E-state index contributed by atoms with van der Waals surface area (Å²) in [5.74, 6) is -0.293. The lowest BCUT2D eigenvalue weighted by Gasteiger charge is -1.99. The molecule has 5 heteroatoms. The summed E-state index contributed by atoms with van der Waals surface area (Å²) in [6, 6.07) is 15.0. The average Bonchev–Trinajstić information content (AvgIpc) is 2.53. The molecule has 5 nitrogen and oxygen atoms in total. The van der Waals surface area contributed by atoms with E-state index in [1.807, 2.05) is 36.4 Å². The lowest BCUT2D eigenvalue weighted by molar-refractivity contribution is -0.384. The zero-order chi connectivity index (χ0) is 15.8. The molecule has 0 N–H and O–H groups in total. The molecule has 0 aliphatic rings. The maximum atomic E-state index is 11.6. The van der Waals surface area contributed by atoms with Gasteiger partial charge in [-0.25, -0.2) is 4.79 Å². The van der Waals surface area contributed by atoms with Crippen molar-refractivity contribution in [3.63, 3.8) is 0 Å². The van der Waals surface area contributed by atoms with E-state index in [-0.39, 0.29) is 11.4 Å². The first-order valence-electron chi connectivity index (χ1n) is 6.51. The van der Waals surface area contributed by atoms with E-state index >= 15 is 0 Å². The van der Waals surface area contributed by atoms with E-state index in [0.29, 0.717) is 0 Å². The first kappa shape index (κ1) is 15.2. The second-order valence-corrected chi connectivity index (χ2v) is 4.30. The highest BCUT2D eigenvalue weighted by Crippen LogP contribution is 2.17. The van der Waals surface area contributed by atoms with E-state index in [1.54, 1.807) is 12.2 Å². The SMILES string of the molecule is O=C(C=CC=Cc1ccccc1)Oc1ccc([N+](=O)[O-])cc1. The molecule has 2 aromatic carbocycles. The van der Waals surface area contributed by atoms with Gasteiger partial charge in [0, 0.05) is 18.2 Å². The lowest BCUT2D eigenvalue weighted by Crippen LogP contribution is -2.03. The number of benzene rings is 2. The third-order valence-corrected chi connectivity index (χ3v) is 2.70. The summed E-state index contributed by atoms with van der Waals surface area (Å²) < 4.78 is 5.02. The minimum absolute atomic E-state index is 0.0545. The maximum absolute atomic E-state index is 11.6. The molecule has 0 heterocycles. The summed E-state index contributed by atoms with van der Waals surface area (Å²) in [6.45, 7) is 0. The zero-order valence-electron chi connectivity index (χ0n) is 11.6. The molecule has 0 aliphatic carbocycles. The molecule has 0 spiro atoms. The van der Waals surface area contributed by atoms with Crippen LogP contribution in [-0.4, -0.2) is 10.9 Å². The monoisotopic (exact) mass is 295 g/mol. The molecular formula is C17H13NO4.